The molecule has 0 bridgehead atoms. The SMILES string of the molecule is Cc1ccsc1C1C2=C(CC(C)(C)CC2=O)Nc2ccc3c(c21)C=CCC3.[HH]. The van der Waals surface area contributed by atoms with E-state index in [2.05, 4.69) is 61.8 Å². The molecule has 1 atom stereocenters. The molecule has 0 saturated heterocycles. The summed E-state index contributed by atoms with van der Waals surface area (Å²) in [4.78, 5) is 14.7. The van der Waals surface area contributed by atoms with Crippen LogP contribution in [0, 0.1) is 12.3 Å². The number of rotatable bonds is 1. The number of allylic oxidation sites excluding steroid dienone is 3. The van der Waals surface area contributed by atoms with Gasteiger partial charge in [-0.2, -0.15) is 0 Å². The first kappa shape index (κ1) is 17.0. The highest BCUT2D eigenvalue weighted by atomic mass is 32.1. The smallest absolute Gasteiger partial charge is 0.162 e. The van der Waals surface area contributed by atoms with E-state index < -0.39 is 0 Å². The third-order valence-corrected chi connectivity index (χ3v) is 7.27. The fourth-order valence-electron chi connectivity index (χ4n) is 4.99. The summed E-state index contributed by atoms with van der Waals surface area (Å²) in [6.45, 7) is 6.58. The van der Waals surface area contributed by atoms with Gasteiger partial charge < -0.3 is 5.32 Å². The second-order valence-electron chi connectivity index (χ2n) is 8.90. The molecular weight excluding hydrogens is 350 g/mol. The van der Waals surface area contributed by atoms with Gasteiger partial charge in [-0.15, -0.1) is 11.3 Å². The minimum Gasteiger partial charge on any atom is -0.358 e. The molecule has 3 aliphatic rings. The Morgan fingerprint density at radius 2 is 2.07 bits per heavy atom. The molecule has 2 aromatic rings. The van der Waals surface area contributed by atoms with Gasteiger partial charge in [-0.1, -0.05) is 32.1 Å². The Hall–Kier alpha value is -2.13. The molecule has 27 heavy (non-hydrogen) atoms. The molecule has 1 aromatic heterocycles. The number of fused-ring (bicyclic) bond motifs is 3. The van der Waals surface area contributed by atoms with Crippen LogP contribution in [0.1, 0.15) is 67.6 Å². The average Bonchev–Trinajstić information content (AvgIpc) is 3.04. The van der Waals surface area contributed by atoms with Crippen molar-refractivity contribution in [2.45, 2.75) is 52.4 Å². The van der Waals surface area contributed by atoms with E-state index in [9.17, 15) is 4.79 Å². The summed E-state index contributed by atoms with van der Waals surface area (Å²) in [5.41, 5.74) is 8.69. The van der Waals surface area contributed by atoms with Crippen molar-refractivity contribution in [3.05, 3.63) is 68.1 Å². The quantitative estimate of drug-likeness (QED) is 0.617. The summed E-state index contributed by atoms with van der Waals surface area (Å²) >= 11 is 1.79. The maximum Gasteiger partial charge on any atom is 0.162 e. The Morgan fingerprint density at radius 1 is 1.22 bits per heavy atom. The van der Waals surface area contributed by atoms with Crippen molar-refractivity contribution < 1.29 is 6.22 Å². The van der Waals surface area contributed by atoms with Gasteiger partial charge in [0.05, 0.1) is 5.92 Å². The molecular formula is C24H27NOS. The number of aryl methyl sites for hydroxylation is 2. The molecule has 0 radical (unpaired) electrons. The summed E-state index contributed by atoms with van der Waals surface area (Å²) in [6, 6.07) is 6.69. The molecule has 1 N–H and O–H groups in total. The van der Waals surface area contributed by atoms with Crippen molar-refractivity contribution in [2.24, 2.45) is 5.41 Å². The summed E-state index contributed by atoms with van der Waals surface area (Å²) in [6.07, 6.45) is 8.30. The van der Waals surface area contributed by atoms with Crippen molar-refractivity contribution in [2.75, 3.05) is 5.32 Å². The van der Waals surface area contributed by atoms with Gasteiger partial charge in [0.2, 0.25) is 0 Å². The molecule has 5 rings (SSSR count). The number of Topliss-reactive ketones (excluding diaryl/α,β-unsaturated/α-hetero) is 1. The Labute approximate surface area is 166 Å². The zero-order valence-electron chi connectivity index (χ0n) is 16.2. The van der Waals surface area contributed by atoms with Gasteiger partial charge in [-0.25, -0.2) is 0 Å². The van der Waals surface area contributed by atoms with Crippen LogP contribution in [0.4, 0.5) is 5.69 Å². The normalized spacial score (nSPS) is 22.8. The third kappa shape index (κ3) is 2.63. The number of anilines is 1. The molecule has 0 saturated carbocycles. The van der Waals surface area contributed by atoms with Crippen LogP contribution in [-0.2, 0) is 11.2 Å². The third-order valence-electron chi connectivity index (χ3n) is 6.19. The van der Waals surface area contributed by atoms with Crippen LogP contribution in [0.3, 0.4) is 0 Å². The summed E-state index contributed by atoms with van der Waals surface area (Å²) in [5, 5.41) is 5.84. The van der Waals surface area contributed by atoms with E-state index in [1.165, 1.54) is 32.8 Å². The topological polar surface area (TPSA) is 29.1 Å². The zero-order chi connectivity index (χ0) is 18.8. The summed E-state index contributed by atoms with van der Waals surface area (Å²) in [7, 11) is 0. The first-order valence-corrected chi connectivity index (χ1v) is 10.7. The van der Waals surface area contributed by atoms with Gasteiger partial charge >= 0.3 is 0 Å². The fraction of sp³-hybridized carbons (Fsp3) is 0.375. The number of benzene rings is 1. The second kappa shape index (κ2) is 5.93. The molecule has 2 nitrogen and oxygen atoms in total. The van der Waals surface area contributed by atoms with E-state index in [-0.39, 0.29) is 12.8 Å². The highest BCUT2D eigenvalue weighted by Crippen LogP contribution is 2.52. The number of ketones is 1. The number of carbonyl (C=O) groups excluding carboxylic acids is 1. The van der Waals surface area contributed by atoms with Crippen molar-refractivity contribution >= 4 is 28.9 Å². The predicted octanol–water partition coefficient (Wildman–Crippen LogP) is 6.46. The van der Waals surface area contributed by atoms with Crippen molar-refractivity contribution in [3.8, 4) is 0 Å². The predicted molar refractivity (Wildman–Crippen MR) is 115 cm³/mol. The van der Waals surface area contributed by atoms with Gasteiger partial charge in [0, 0.05) is 29.7 Å². The number of hydrogen-bond donors (Lipinski definition) is 1. The molecule has 0 spiro atoms. The average molecular weight is 378 g/mol. The first-order chi connectivity index (χ1) is 12.9. The van der Waals surface area contributed by atoms with Crippen molar-refractivity contribution in [3.63, 3.8) is 0 Å². The van der Waals surface area contributed by atoms with Gasteiger partial charge in [0.25, 0.3) is 0 Å². The molecule has 2 heterocycles. The Bertz CT molecular complexity index is 1030. The molecule has 1 aromatic carbocycles. The van der Waals surface area contributed by atoms with E-state index in [0.29, 0.717) is 12.2 Å². The van der Waals surface area contributed by atoms with E-state index >= 15 is 0 Å². The molecule has 2 aliphatic carbocycles. The van der Waals surface area contributed by atoms with Crippen LogP contribution in [0.5, 0.6) is 0 Å². The maximum atomic E-state index is 13.3. The second-order valence-corrected chi connectivity index (χ2v) is 9.85. The molecule has 3 heteroatoms. The monoisotopic (exact) mass is 377 g/mol. The highest BCUT2D eigenvalue weighted by Gasteiger charge is 2.42. The van der Waals surface area contributed by atoms with Crippen LogP contribution in [0.25, 0.3) is 6.08 Å². The summed E-state index contributed by atoms with van der Waals surface area (Å²) < 4.78 is 0. The lowest BCUT2D eigenvalue weighted by Gasteiger charge is -2.40. The zero-order valence-corrected chi connectivity index (χ0v) is 17.0. The lowest BCUT2D eigenvalue weighted by atomic mass is 9.68. The Morgan fingerprint density at radius 3 is 2.85 bits per heavy atom. The standard InChI is InChI=1S/C24H25NOS.H2/c1-14-10-11-27-23(14)22-20-16-7-5-4-6-15(16)8-9-17(20)25-18-12-24(2,3)13-19(26)21(18)22;/h5,7-11,22,25H,4,6,12-13H2,1-3H3;1H. The van der Waals surface area contributed by atoms with Crippen LogP contribution >= 0.6 is 11.3 Å². The summed E-state index contributed by atoms with van der Waals surface area (Å²) in [5.74, 6) is 0.382. The van der Waals surface area contributed by atoms with Gasteiger partial charge in [0.15, 0.2) is 5.78 Å². The molecule has 0 fully saturated rings. The van der Waals surface area contributed by atoms with Crippen molar-refractivity contribution in [1.82, 2.24) is 0 Å². The van der Waals surface area contributed by atoms with Crippen LogP contribution < -0.4 is 5.32 Å². The van der Waals surface area contributed by atoms with E-state index in [1.54, 1.807) is 11.3 Å². The van der Waals surface area contributed by atoms with Crippen LogP contribution in [-0.4, -0.2) is 5.78 Å². The van der Waals surface area contributed by atoms with Crippen LogP contribution in [0.2, 0.25) is 0 Å². The number of nitrogens with one attached hydrogen (secondary N) is 1. The molecule has 1 unspecified atom stereocenters. The van der Waals surface area contributed by atoms with Gasteiger partial charge in [-0.05, 0) is 71.4 Å². The van der Waals surface area contributed by atoms with Crippen LogP contribution in [0.15, 0.2) is 40.9 Å². The molecule has 0 amide bonds. The lowest BCUT2D eigenvalue weighted by Crippen LogP contribution is -2.34. The molecule has 140 valence electrons. The number of hydrogen-bond acceptors (Lipinski definition) is 3. The number of carbonyl (C=O) groups is 1. The van der Waals surface area contributed by atoms with Gasteiger partial charge in [0.1, 0.15) is 0 Å². The van der Waals surface area contributed by atoms with Crippen molar-refractivity contribution in [1.29, 1.82) is 0 Å². The fourth-order valence-corrected chi connectivity index (χ4v) is 6.03. The minimum atomic E-state index is 0. The van der Waals surface area contributed by atoms with E-state index in [0.717, 1.165) is 30.5 Å². The maximum absolute atomic E-state index is 13.3. The van der Waals surface area contributed by atoms with E-state index in [1.807, 2.05) is 0 Å². The molecule has 1 aliphatic heterocycles. The Kier molecular flexibility index (Phi) is 3.74. The first-order valence-electron chi connectivity index (χ1n) is 9.84. The number of thiophene rings is 1. The largest absolute Gasteiger partial charge is 0.358 e. The van der Waals surface area contributed by atoms with Gasteiger partial charge in [-0.3, -0.25) is 4.79 Å². The highest BCUT2D eigenvalue weighted by molar-refractivity contribution is 7.10. The minimum absolute atomic E-state index is 0. The Balaban J connectivity index is 0.00000192. The van der Waals surface area contributed by atoms with E-state index in [4.69, 9.17) is 0 Å². The lowest BCUT2D eigenvalue weighted by molar-refractivity contribution is -0.118.